The Kier molecular flexibility index (Phi) is 8.96. The lowest BCUT2D eigenvalue weighted by Gasteiger charge is -2.33. The topological polar surface area (TPSA) is 45.5 Å². The Balaban J connectivity index is 1.25. The van der Waals surface area contributed by atoms with Crippen molar-refractivity contribution < 1.29 is 9.47 Å². The zero-order valence-corrected chi connectivity index (χ0v) is 25.0. The summed E-state index contributed by atoms with van der Waals surface area (Å²) >= 11 is 0. The van der Waals surface area contributed by atoms with E-state index in [4.69, 9.17) is 9.47 Å². The average molecular weight is 547 g/mol. The molecule has 2 aliphatic rings. The van der Waals surface area contributed by atoms with E-state index in [9.17, 15) is 5.26 Å². The standard InChI is InChI=1S/C37H42N2O2/c1-27(2)37(26-38,31-17-18-34(40-3)35(25-31)41-4)21-9-10-22-39-23-19-30(20-24-39)36-32-13-7-5-11-28(32)15-16-29-12-6-8-14-33(29)36/h5-8,11-18,25,27H,9-10,19-24H2,1-4H3. The maximum Gasteiger partial charge on any atom is 0.161 e. The fourth-order valence-electron chi connectivity index (χ4n) is 6.61. The van der Waals surface area contributed by atoms with Gasteiger partial charge in [0.25, 0.3) is 0 Å². The summed E-state index contributed by atoms with van der Waals surface area (Å²) in [6.45, 7) is 7.54. The molecule has 0 N–H and O–H groups in total. The summed E-state index contributed by atoms with van der Waals surface area (Å²) in [5, 5.41) is 10.4. The smallest absolute Gasteiger partial charge is 0.161 e. The molecule has 1 heterocycles. The van der Waals surface area contributed by atoms with Crippen LogP contribution in [0.15, 0.2) is 72.3 Å². The Morgan fingerprint density at radius 2 is 1.44 bits per heavy atom. The first-order valence-electron chi connectivity index (χ1n) is 15.0. The summed E-state index contributed by atoms with van der Waals surface area (Å²) in [5.41, 5.74) is 8.78. The third-order valence-electron chi connectivity index (χ3n) is 9.10. The van der Waals surface area contributed by atoms with Crippen molar-refractivity contribution in [2.45, 2.75) is 51.4 Å². The Morgan fingerprint density at radius 3 is 2.00 bits per heavy atom. The summed E-state index contributed by atoms with van der Waals surface area (Å²) in [5.74, 6) is 1.56. The van der Waals surface area contributed by atoms with Gasteiger partial charge in [-0.15, -0.1) is 0 Å². The lowest BCUT2D eigenvalue weighted by Crippen LogP contribution is -2.33. The maximum absolute atomic E-state index is 10.4. The Bertz CT molecular complexity index is 1420. The fraction of sp³-hybridized carbons (Fsp3) is 0.378. The van der Waals surface area contributed by atoms with Crippen LogP contribution in [0.5, 0.6) is 11.5 Å². The third-order valence-corrected chi connectivity index (χ3v) is 9.10. The van der Waals surface area contributed by atoms with Gasteiger partial charge in [-0.25, -0.2) is 0 Å². The number of hydrogen-bond donors (Lipinski definition) is 0. The average Bonchev–Trinajstić information content (AvgIpc) is 3.18. The number of methoxy groups -OCH3 is 2. The molecule has 1 atom stereocenters. The van der Waals surface area contributed by atoms with Crippen LogP contribution in [-0.2, 0) is 5.41 Å². The molecule has 0 radical (unpaired) electrons. The molecular weight excluding hydrogens is 504 g/mol. The molecule has 0 spiro atoms. The van der Waals surface area contributed by atoms with E-state index in [1.807, 2.05) is 18.2 Å². The van der Waals surface area contributed by atoms with E-state index in [1.54, 1.807) is 19.8 Å². The van der Waals surface area contributed by atoms with Crippen molar-refractivity contribution in [3.05, 3.63) is 100 Å². The van der Waals surface area contributed by atoms with Crippen molar-refractivity contribution in [2.24, 2.45) is 5.92 Å². The lowest BCUT2D eigenvalue weighted by atomic mass is 9.69. The van der Waals surface area contributed by atoms with E-state index in [0.29, 0.717) is 11.5 Å². The van der Waals surface area contributed by atoms with Gasteiger partial charge in [0.05, 0.1) is 25.7 Å². The number of nitrogens with zero attached hydrogens (tertiary/aromatic N) is 2. The molecule has 1 aliphatic heterocycles. The normalized spacial score (nSPS) is 16.4. The highest BCUT2D eigenvalue weighted by Gasteiger charge is 2.36. The Hall–Kier alpha value is -3.81. The minimum Gasteiger partial charge on any atom is -0.493 e. The second-order valence-electron chi connectivity index (χ2n) is 11.6. The van der Waals surface area contributed by atoms with E-state index in [1.165, 1.54) is 27.8 Å². The SMILES string of the molecule is COc1ccc(C(C#N)(CCCCN2CCC(=C3c4ccccc4C=Cc4ccccc43)CC2)C(C)C)cc1OC. The van der Waals surface area contributed by atoms with Gasteiger partial charge in [-0.05, 0) is 83.7 Å². The fourth-order valence-corrected chi connectivity index (χ4v) is 6.61. The number of piperidine rings is 1. The van der Waals surface area contributed by atoms with Gasteiger partial charge in [0.15, 0.2) is 11.5 Å². The second kappa shape index (κ2) is 12.8. The predicted octanol–water partition coefficient (Wildman–Crippen LogP) is 8.37. The van der Waals surface area contributed by atoms with Crippen LogP contribution in [0.3, 0.4) is 0 Å². The molecule has 41 heavy (non-hydrogen) atoms. The quantitative estimate of drug-likeness (QED) is 0.198. The molecule has 0 saturated carbocycles. The first-order valence-corrected chi connectivity index (χ1v) is 15.0. The molecule has 1 aliphatic carbocycles. The van der Waals surface area contributed by atoms with Crippen LogP contribution in [0.1, 0.15) is 73.8 Å². The van der Waals surface area contributed by atoms with E-state index in [2.05, 4.69) is 85.5 Å². The van der Waals surface area contributed by atoms with E-state index < -0.39 is 5.41 Å². The molecule has 212 valence electrons. The van der Waals surface area contributed by atoms with E-state index in [0.717, 1.165) is 57.3 Å². The molecule has 3 aromatic carbocycles. The molecule has 1 unspecified atom stereocenters. The van der Waals surface area contributed by atoms with Crippen LogP contribution >= 0.6 is 0 Å². The number of ether oxygens (including phenoxy) is 2. The summed E-state index contributed by atoms with van der Waals surface area (Å²) in [4.78, 5) is 2.61. The minimum absolute atomic E-state index is 0.189. The molecule has 1 fully saturated rings. The van der Waals surface area contributed by atoms with E-state index in [-0.39, 0.29) is 5.92 Å². The van der Waals surface area contributed by atoms with Gasteiger partial charge in [0.2, 0.25) is 0 Å². The van der Waals surface area contributed by atoms with Crippen molar-refractivity contribution in [3.63, 3.8) is 0 Å². The monoisotopic (exact) mass is 546 g/mol. The summed E-state index contributed by atoms with van der Waals surface area (Å²) in [6, 6.07) is 26.3. The molecule has 0 bridgehead atoms. The van der Waals surface area contributed by atoms with Crippen molar-refractivity contribution in [2.75, 3.05) is 33.9 Å². The first kappa shape index (κ1) is 28.7. The Labute approximate surface area is 245 Å². The van der Waals surface area contributed by atoms with Crippen LogP contribution in [-0.4, -0.2) is 38.8 Å². The lowest BCUT2D eigenvalue weighted by molar-refractivity contribution is 0.245. The molecule has 5 rings (SSSR count). The number of likely N-dealkylation sites (tertiary alicyclic amines) is 1. The molecule has 4 heteroatoms. The van der Waals surface area contributed by atoms with Gasteiger partial charge in [0, 0.05) is 13.1 Å². The molecule has 3 aromatic rings. The van der Waals surface area contributed by atoms with Crippen molar-refractivity contribution in [1.29, 1.82) is 5.26 Å². The number of benzene rings is 3. The van der Waals surface area contributed by atoms with Crippen LogP contribution in [0.4, 0.5) is 0 Å². The summed E-state index contributed by atoms with van der Waals surface area (Å²) in [6.07, 6.45) is 9.65. The van der Waals surface area contributed by atoms with Gasteiger partial charge < -0.3 is 14.4 Å². The molecule has 1 saturated heterocycles. The number of hydrogen-bond acceptors (Lipinski definition) is 4. The van der Waals surface area contributed by atoms with E-state index >= 15 is 0 Å². The zero-order valence-electron chi connectivity index (χ0n) is 25.0. The van der Waals surface area contributed by atoms with Gasteiger partial charge in [0.1, 0.15) is 0 Å². The minimum atomic E-state index is -0.548. The van der Waals surface area contributed by atoms with Gasteiger partial charge in [-0.1, -0.05) is 92.6 Å². The molecule has 0 aromatic heterocycles. The van der Waals surface area contributed by atoms with Crippen LogP contribution < -0.4 is 9.47 Å². The molecule has 0 amide bonds. The highest BCUT2D eigenvalue weighted by molar-refractivity contribution is 5.94. The van der Waals surface area contributed by atoms with Crippen LogP contribution in [0.25, 0.3) is 17.7 Å². The largest absolute Gasteiger partial charge is 0.493 e. The predicted molar refractivity (Wildman–Crippen MR) is 169 cm³/mol. The number of fused-ring (bicyclic) bond motifs is 2. The summed E-state index contributed by atoms with van der Waals surface area (Å²) < 4.78 is 11.0. The highest BCUT2D eigenvalue weighted by atomic mass is 16.5. The molecule has 4 nitrogen and oxygen atoms in total. The first-order chi connectivity index (χ1) is 20.0. The number of rotatable bonds is 9. The van der Waals surface area contributed by atoms with Crippen molar-refractivity contribution in [3.8, 4) is 17.6 Å². The second-order valence-corrected chi connectivity index (χ2v) is 11.6. The van der Waals surface area contributed by atoms with Crippen LogP contribution in [0, 0.1) is 17.2 Å². The maximum atomic E-state index is 10.4. The van der Waals surface area contributed by atoms with Crippen molar-refractivity contribution >= 4 is 17.7 Å². The highest BCUT2D eigenvalue weighted by Crippen LogP contribution is 2.41. The van der Waals surface area contributed by atoms with Gasteiger partial charge in [-0.3, -0.25) is 0 Å². The van der Waals surface area contributed by atoms with Gasteiger partial charge >= 0.3 is 0 Å². The number of nitriles is 1. The molecular formula is C37H42N2O2. The summed E-state index contributed by atoms with van der Waals surface area (Å²) in [7, 11) is 3.29. The Morgan fingerprint density at radius 1 is 0.829 bits per heavy atom. The van der Waals surface area contributed by atoms with Crippen LogP contribution in [0.2, 0.25) is 0 Å². The van der Waals surface area contributed by atoms with Crippen molar-refractivity contribution in [1.82, 2.24) is 4.90 Å². The zero-order chi connectivity index (χ0) is 28.8. The number of unbranched alkanes of at least 4 members (excludes halogenated alkanes) is 1. The third kappa shape index (κ3) is 5.83. The van der Waals surface area contributed by atoms with Gasteiger partial charge in [-0.2, -0.15) is 5.26 Å².